The normalized spacial score (nSPS) is 19.9. The minimum Gasteiger partial charge on any atom is -0.473 e. The molecule has 1 aromatic rings. The second-order valence-corrected chi connectivity index (χ2v) is 3.47. The van der Waals surface area contributed by atoms with Crippen molar-refractivity contribution in [3.8, 4) is 0 Å². The average Bonchev–Trinajstić information content (AvgIpc) is 2.55. The third-order valence-corrected chi connectivity index (χ3v) is 2.62. The summed E-state index contributed by atoms with van der Waals surface area (Å²) in [7, 11) is 0. The van der Waals surface area contributed by atoms with E-state index in [2.05, 4.69) is 0 Å². The Bertz CT molecular complexity index is 473. The van der Waals surface area contributed by atoms with Gasteiger partial charge in [0.1, 0.15) is 0 Å². The van der Waals surface area contributed by atoms with Gasteiger partial charge in [-0.2, -0.15) is 0 Å². The van der Waals surface area contributed by atoms with Crippen molar-refractivity contribution in [2.45, 2.75) is 5.60 Å². The molecule has 0 fully saturated rings. The first-order chi connectivity index (χ1) is 7.32. The SMILES string of the molecule is O=C1OC2(C=COC=C2)c2ccccc21. The van der Waals surface area contributed by atoms with E-state index in [9.17, 15) is 4.79 Å². The van der Waals surface area contributed by atoms with Crippen LogP contribution in [-0.4, -0.2) is 5.97 Å². The predicted molar refractivity (Wildman–Crippen MR) is 52.9 cm³/mol. The average molecular weight is 200 g/mol. The van der Waals surface area contributed by atoms with Crippen LogP contribution in [0.4, 0.5) is 0 Å². The molecule has 0 N–H and O–H groups in total. The first-order valence-corrected chi connectivity index (χ1v) is 4.66. The lowest BCUT2D eigenvalue weighted by atomic mass is 9.92. The number of carbonyl (C=O) groups excluding carboxylic acids is 1. The fourth-order valence-corrected chi connectivity index (χ4v) is 1.89. The zero-order chi connectivity index (χ0) is 10.3. The first-order valence-electron chi connectivity index (χ1n) is 4.66. The molecule has 0 atom stereocenters. The molecule has 0 aliphatic carbocycles. The number of benzene rings is 1. The molecule has 2 heterocycles. The number of rotatable bonds is 0. The van der Waals surface area contributed by atoms with Gasteiger partial charge in [-0.3, -0.25) is 0 Å². The van der Waals surface area contributed by atoms with E-state index in [1.54, 1.807) is 18.2 Å². The first kappa shape index (κ1) is 8.29. The third-order valence-electron chi connectivity index (χ3n) is 2.62. The lowest BCUT2D eigenvalue weighted by Crippen LogP contribution is -2.22. The lowest BCUT2D eigenvalue weighted by Gasteiger charge is -2.22. The Labute approximate surface area is 86.6 Å². The summed E-state index contributed by atoms with van der Waals surface area (Å²) in [5.74, 6) is -0.290. The number of carbonyl (C=O) groups is 1. The minimum atomic E-state index is -0.758. The zero-order valence-corrected chi connectivity index (χ0v) is 7.84. The van der Waals surface area contributed by atoms with Crippen LogP contribution in [-0.2, 0) is 15.1 Å². The van der Waals surface area contributed by atoms with E-state index < -0.39 is 5.60 Å². The highest BCUT2D eigenvalue weighted by Gasteiger charge is 2.42. The van der Waals surface area contributed by atoms with E-state index in [4.69, 9.17) is 9.47 Å². The maximum Gasteiger partial charge on any atom is 0.340 e. The molecule has 2 aliphatic rings. The van der Waals surface area contributed by atoms with E-state index in [-0.39, 0.29) is 5.97 Å². The lowest BCUT2D eigenvalue weighted by molar-refractivity contribution is 0.0274. The Morgan fingerprint density at radius 3 is 2.60 bits per heavy atom. The van der Waals surface area contributed by atoms with Crippen LogP contribution < -0.4 is 0 Å². The summed E-state index contributed by atoms with van der Waals surface area (Å²) >= 11 is 0. The Morgan fingerprint density at radius 2 is 1.80 bits per heavy atom. The van der Waals surface area contributed by atoms with E-state index >= 15 is 0 Å². The largest absolute Gasteiger partial charge is 0.473 e. The number of fused-ring (bicyclic) bond motifs is 2. The molecular formula is C12H8O3. The molecule has 15 heavy (non-hydrogen) atoms. The summed E-state index contributed by atoms with van der Waals surface area (Å²) in [6.45, 7) is 0. The summed E-state index contributed by atoms with van der Waals surface area (Å²) in [4.78, 5) is 11.6. The van der Waals surface area contributed by atoms with Crippen molar-refractivity contribution in [3.05, 3.63) is 60.1 Å². The molecule has 2 aliphatic heterocycles. The van der Waals surface area contributed by atoms with Crippen molar-refractivity contribution in [3.63, 3.8) is 0 Å². The molecule has 0 saturated heterocycles. The molecule has 0 aromatic heterocycles. The van der Waals surface area contributed by atoms with Crippen molar-refractivity contribution in [1.29, 1.82) is 0 Å². The van der Waals surface area contributed by atoms with Crippen LogP contribution in [0.1, 0.15) is 15.9 Å². The van der Waals surface area contributed by atoms with Crippen LogP contribution in [0.3, 0.4) is 0 Å². The molecular weight excluding hydrogens is 192 g/mol. The van der Waals surface area contributed by atoms with Gasteiger partial charge in [0.15, 0.2) is 5.60 Å². The molecule has 1 spiro atoms. The Hall–Kier alpha value is -2.03. The fraction of sp³-hybridized carbons (Fsp3) is 0.0833. The monoisotopic (exact) mass is 200 g/mol. The van der Waals surface area contributed by atoms with Gasteiger partial charge in [0.2, 0.25) is 0 Å². The minimum absolute atomic E-state index is 0.290. The van der Waals surface area contributed by atoms with Gasteiger partial charge >= 0.3 is 5.97 Å². The van der Waals surface area contributed by atoms with E-state index in [0.717, 1.165) is 5.56 Å². The Kier molecular flexibility index (Phi) is 1.51. The Morgan fingerprint density at radius 1 is 1.07 bits per heavy atom. The van der Waals surface area contributed by atoms with Crippen molar-refractivity contribution in [2.24, 2.45) is 0 Å². The van der Waals surface area contributed by atoms with Gasteiger partial charge in [0, 0.05) is 17.7 Å². The van der Waals surface area contributed by atoms with E-state index in [0.29, 0.717) is 5.56 Å². The van der Waals surface area contributed by atoms with Crippen LogP contribution in [0.25, 0.3) is 0 Å². The topological polar surface area (TPSA) is 35.5 Å². The maximum atomic E-state index is 11.6. The third kappa shape index (κ3) is 1.03. The second kappa shape index (κ2) is 2.73. The summed E-state index contributed by atoms with van der Waals surface area (Å²) in [6.07, 6.45) is 6.51. The summed E-state index contributed by atoms with van der Waals surface area (Å²) in [5.41, 5.74) is 0.728. The van der Waals surface area contributed by atoms with Crippen molar-refractivity contribution in [2.75, 3.05) is 0 Å². The van der Waals surface area contributed by atoms with Gasteiger partial charge in [-0.15, -0.1) is 0 Å². The molecule has 3 rings (SSSR count). The molecule has 0 saturated carbocycles. The summed E-state index contributed by atoms with van der Waals surface area (Å²) in [6, 6.07) is 7.37. The van der Waals surface area contributed by atoms with Crippen LogP contribution in [0, 0.1) is 0 Å². The summed E-state index contributed by atoms with van der Waals surface area (Å²) < 4.78 is 10.3. The van der Waals surface area contributed by atoms with Gasteiger partial charge in [-0.05, 0) is 6.07 Å². The summed E-state index contributed by atoms with van der Waals surface area (Å²) in [5, 5.41) is 0. The van der Waals surface area contributed by atoms with Gasteiger partial charge < -0.3 is 9.47 Å². The highest BCUT2D eigenvalue weighted by atomic mass is 16.6. The van der Waals surface area contributed by atoms with Gasteiger partial charge in [0.25, 0.3) is 0 Å². The molecule has 0 bridgehead atoms. The number of hydrogen-bond donors (Lipinski definition) is 0. The molecule has 1 aromatic carbocycles. The highest BCUT2D eigenvalue weighted by molar-refractivity contribution is 5.95. The van der Waals surface area contributed by atoms with Gasteiger partial charge in [-0.1, -0.05) is 18.2 Å². The predicted octanol–water partition coefficient (Wildman–Crippen LogP) is 2.11. The molecule has 0 amide bonds. The zero-order valence-electron chi connectivity index (χ0n) is 7.84. The number of ether oxygens (including phenoxy) is 2. The van der Waals surface area contributed by atoms with Crippen LogP contribution in [0.15, 0.2) is 48.9 Å². The van der Waals surface area contributed by atoms with Crippen molar-refractivity contribution in [1.82, 2.24) is 0 Å². The van der Waals surface area contributed by atoms with E-state index in [1.165, 1.54) is 12.5 Å². The molecule has 3 nitrogen and oxygen atoms in total. The van der Waals surface area contributed by atoms with Gasteiger partial charge in [0.05, 0.1) is 18.1 Å². The second-order valence-electron chi connectivity index (χ2n) is 3.47. The standard InChI is InChI=1S/C12H8O3/c13-11-9-3-1-2-4-10(9)12(15-11)5-7-14-8-6-12/h1-8H. The van der Waals surface area contributed by atoms with Crippen LogP contribution >= 0.6 is 0 Å². The number of hydrogen-bond acceptors (Lipinski definition) is 3. The van der Waals surface area contributed by atoms with E-state index in [1.807, 2.05) is 18.2 Å². The maximum absolute atomic E-state index is 11.6. The smallest absolute Gasteiger partial charge is 0.340 e. The number of esters is 1. The highest BCUT2D eigenvalue weighted by Crippen LogP contribution is 2.39. The van der Waals surface area contributed by atoms with Gasteiger partial charge in [-0.25, -0.2) is 4.79 Å². The molecule has 0 radical (unpaired) electrons. The van der Waals surface area contributed by atoms with Crippen molar-refractivity contribution < 1.29 is 14.3 Å². The van der Waals surface area contributed by atoms with Crippen molar-refractivity contribution >= 4 is 5.97 Å². The van der Waals surface area contributed by atoms with Crippen LogP contribution in [0.5, 0.6) is 0 Å². The fourth-order valence-electron chi connectivity index (χ4n) is 1.89. The Balaban J connectivity index is 2.23. The molecule has 0 unspecified atom stereocenters. The van der Waals surface area contributed by atoms with Crippen LogP contribution in [0.2, 0.25) is 0 Å². The quantitative estimate of drug-likeness (QED) is 0.601. The molecule has 74 valence electrons. The molecule has 3 heteroatoms.